The minimum absolute atomic E-state index is 0.0655. The van der Waals surface area contributed by atoms with Gasteiger partial charge in [0.1, 0.15) is 0 Å². The smallest absolute Gasteiger partial charge is 0.231 e. The second-order valence-electron chi connectivity index (χ2n) is 6.49. The van der Waals surface area contributed by atoms with Crippen molar-refractivity contribution in [3.05, 3.63) is 28.8 Å². The largest absolute Gasteiger partial charge is 0.492 e. The SMILES string of the molecule is COc1c2c(cc3c1C1C(O)CC=C4CCN(C3)C41)OCO2. The standard InChI is InChI=1S/C17H19NO4/c1-20-17-13-10(6-12-16(17)22-8-21-12)7-18-5-4-9-2-3-11(19)14(13)15(9)18/h2,6,11,14-15,19H,3-5,7-8H2,1H3. The lowest BCUT2D eigenvalue weighted by Gasteiger charge is -2.43. The van der Waals surface area contributed by atoms with Crippen LogP contribution in [0.1, 0.15) is 29.9 Å². The molecule has 1 aromatic rings. The van der Waals surface area contributed by atoms with Crippen LogP contribution in [0.15, 0.2) is 17.7 Å². The number of aliphatic hydroxyl groups excluding tert-OH is 1. The number of benzene rings is 1. The third-order valence-electron chi connectivity index (χ3n) is 5.49. The van der Waals surface area contributed by atoms with Crippen molar-refractivity contribution >= 4 is 0 Å². The molecule has 0 spiro atoms. The number of nitrogens with zero attached hydrogens (tertiary/aromatic N) is 1. The number of aliphatic hydroxyl groups is 1. The van der Waals surface area contributed by atoms with Crippen molar-refractivity contribution in [3.8, 4) is 17.2 Å². The molecule has 5 heteroatoms. The van der Waals surface area contributed by atoms with E-state index in [1.165, 1.54) is 11.1 Å². The van der Waals surface area contributed by atoms with E-state index in [1.807, 2.05) is 0 Å². The maximum atomic E-state index is 10.7. The van der Waals surface area contributed by atoms with Gasteiger partial charge in [0.05, 0.1) is 13.2 Å². The molecule has 5 nitrogen and oxygen atoms in total. The Hall–Kier alpha value is -1.72. The molecular weight excluding hydrogens is 282 g/mol. The normalized spacial score (nSPS) is 31.5. The first-order valence-corrected chi connectivity index (χ1v) is 7.88. The predicted molar refractivity (Wildman–Crippen MR) is 79.4 cm³/mol. The molecule has 5 rings (SSSR count). The molecule has 3 atom stereocenters. The minimum atomic E-state index is -0.373. The molecule has 0 aromatic heterocycles. The second kappa shape index (κ2) is 4.40. The van der Waals surface area contributed by atoms with Crippen molar-refractivity contribution in [1.82, 2.24) is 4.90 Å². The van der Waals surface area contributed by atoms with Crippen molar-refractivity contribution in [1.29, 1.82) is 0 Å². The first-order valence-electron chi connectivity index (χ1n) is 7.88. The van der Waals surface area contributed by atoms with Gasteiger partial charge in [-0.15, -0.1) is 0 Å². The molecule has 1 N–H and O–H groups in total. The third-order valence-corrected chi connectivity index (χ3v) is 5.49. The molecule has 1 saturated heterocycles. The Morgan fingerprint density at radius 3 is 3.14 bits per heavy atom. The zero-order chi connectivity index (χ0) is 14.8. The Morgan fingerprint density at radius 2 is 2.27 bits per heavy atom. The highest BCUT2D eigenvalue weighted by Crippen LogP contribution is 2.54. The minimum Gasteiger partial charge on any atom is -0.492 e. The monoisotopic (exact) mass is 301 g/mol. The summed E-state index contributed by atoms with van der Waals surface area (Å²) in [4.78, 5) is 2.48. The van der Waals surface area contributed by atoms with Crippen LogP contribution in [0.25, 0.3) is 0 Å². The van der Waals surface area contributed by atoms with Crippen LogP contribution in [0.5, 0.6) is 17.2 Å². The van der Waals surface area contributed by atoms with Crippen LogP contribution >= 0.6 is 0 Å². The molecule has 1 fully saturated rings. The fourth-order valence-corrected chi connectivity index (χ4v) is 4.63. The van der Waals surface area contributed by atoms with Crippen LogP contribution in [0.3, 0.4) is 0 Å². The van der Waals surface area contributed by atoms with Gasteiger partial charge in [0, 0.05) is 30.6 Å². The molecule has 22 heavy (non-hydrogen) atoms. The van der Waals surface area contributed by atoms with Crippen LogP contribution in [0, 0.1) is 0 Å². The van der Waals surface area contributed by atoms with E-state index < -0.39 is 0 Å². The Morgan fingerprint density at radius 1 is 1.36 bits per heavy atom. The van der Waals surface area contributed by atoms with Gasteiger partial charge in [-0.2, -0.15) is 0 Å². The summed E-state index contributed by atoms with van der Waals surface area (Å²) >= 11 is 0. The van der Waals surface area contributed by atoms with Crippen LogP contribution in [0.2, 0.25) is 0 Å². The molecule has 1 aromatic carbocycles. The lowest BCUT2D eigenvalue weighted by molar-refractivity contribution is 0.0813. The van der Waals surface area contributed by atoms with Gasteiger partial charge < -0.3 is 19.3 Å². The number of fused-ring (bicyclic) bond motifs is 3. The van der Waals surface area contributed by atoms with Crippen LogP contribution in [0.4, 0.5) is 0 Å². The first kappa shape index (κ1) is 12.8. The fourth-order valence-electron chi connectivity index (χ4n) is 4.63. The van der Waals surface area contributed by atoms with E-state index in [2.05, 4.69) is 17.0 Å². The Bertz CT molecular complexity index is 684. The third kappa shape index (κ3) is 1.50. The fraction of sp³-hybridized carbons (Fsp3) is 0.529. The number of ether oxygens (including phenoxy) is 3. The maximum Gasteiger partial charge on any atom is 0.231 e. The van der Waals surface area contributed by atoms with E-state index in [0.717, 1.165) is 43.0 Å². The van der Waals surface area contributed by atoms with E-state index in [4.69, 9.17) is 14.2 Å². The molecular formula is C17H19NO4. The summed E-state index contributed by atoms with van der Waals surface area (Å²) in [5.41, 5.74) is 3.79. The average molecular weight is 301 g/mol. The highest BCUT2D eigenvalue weighted by molar-refractivity contribution is 5.63. The molecule has 0 radical (unpaired) electrons. The number of rotatable bonds is 1. The molecule has 0 saturated carbocycles. The zero-order valence-corrected chi connectivity index (χ0v) is 12.5. The van der Waals surface area contributed by atoms with Crippen molar-refractivity contribution in [2.45, 2.75) is 37.5 Å². The molecule has 3 aliphatic heterocycles. The molecule has 116 valence electrons. The lowest BCUT2D eigenvalue weighted by Crippen LogP contribution is -2.45. The van der Waals surface area contributed by atoms with Crippen molar-refractivity contribution in [2.75, 3.05) is 20.4 Å². The summed E-state index contributed by atoms with van der Waals surface area (Å²) in [6, 6.07) is 2.38. The van der Waals surface area contributed by atoms with Gasteiger partial charge in [-0.05, 0) is 24.5 Å². The van der Waals surface area contributed by atoms with E-state index in [-0.39, 0.29) is 18.8 Å². The summed E-state index contributed by atoms with van der Waals surface area (Å²) in [5, 5.41) is 10.7. The van der Waals surface area contributed by atoms with Gasteiger partial charge in [-0.25, -0.2) is 0 Å². The number of hydrogen-bond donors (Lipinski definition) is 1. The Labute approximate surface area is 129 Å². The van der Waals surface area contributed by atoms with Gasteiger partial charge >= 0.3 is 0 Å². The van der Waals surface area contributed by atoms with Gasteiger partial charge in [0.25, 0.3) is 0 Å². The van der Waals surface area contributed by atoms with Crippen LogP contribution < -0.4 is 14.2 Å². The van der Waals surface area contributed by atoms with Gasteiger partial charge in [-0.1, -0.05) is 11.6 Å². The summed E-state index contributed by atoms with van der Waals surface area (Å²) in [6.45, 7) is 2.18. The van der Waals surface area contributed by atoms with E-state index >= 15 is 0 Å². The van der Waals surface area contributed by atoms with Crippen molar-refractivity contribution < 1.29 is 19.3 Å². The Kier molecular flexibility index (Phi) is 2.56. The maximum absolute atomic E-state index is 10.7. The van der Waals surface area contributed by atoms with Gasteiger partial charge in [-0.3, -0.25) is 4.90 Å². The van der Waals surface area contributed by atoms with E-state index in [1.54, 1.807) is 7.11 Å². The number of methoxy groups -OCH3 is 1. The molecule has 3 heterocycles. The molecule has 0 amide bonds. The number of hydrogen-bond acceptors (Lipinski definition) is 5. The van der Waals surface area contributed by atoms with Crippen LogP contribution in [-0.2, 0) is 6.54 Å². The first-order chi connectivity index (χ1) is 10.8. The van der Waals surface area contributed by atoms with Gasteiger partial charge in [0.2, 0.25) is 12.5 Å². The summed E-state index contributed by atoms with van der Waals surface area (Å²) in [6.07, 6.45) is 3.69. The lowest BCUT2D eigenvalue weighted by atomic mass is 9.73. The summed E-state index contributed by atoms with van der Waals surface area (Å²) in [5.74, 6) is 2.27. The quantitative estimate of drug-likeness (QED) is 0.802. The zero-order valence-electron chi connectivity index (χ0n) is 12.5. The van der Waals surface area contributed by atoms with Crippen LogP contribution in [-0.4, -0.2) is 42.6 Å². The Balaban J connectivity index is 1.75. The van der Waals surface area contributed by atoms with E-state index in [9.17, 15) is 5.11 Å². The second-order valence-corrected chi connectivity index (χ2v) is 6.49. The molecule has 3 unspecified atom stereocenters. The summed E-state index contributed by atoms with van der Waals surface area (Å²) < 4.78 is 16.9. The molecule has 1 aliphatic carbocycles. The van der Waals surface area contributed by atoms with Crippen molar-refractivity contribution in [2.24, 2.45) is 0 Å². The summed E-state index contributed by atoms with van der Waals surface area (Å²) in [7, 11) is 1.67. The predicted octanol–water partition coefficient (Wildman–Crippen LogP) is 1.79. The molecule has 4 aliphatic rings. The highest BCUT2D eigenvalue weighted by Gasteiger charge is 2.48. The molecule has 0 bridgehead atoms. The highest BCUT2D eigenvalue weighted by atomic mass is 16.7. The van der Waals surface area contributed by atoms with Crippen molar-refractivity contribution in [3.63, 3.8) is 0 Å². The van der Waals surface area contributed by atoms with E-state index in [0.29, 0.717) is 11.8 Å². The van der Waals surface area contributed by atoms with Gasteiger partial charge in [0.15, 0.2) is 11.5 Å². The average Bonchev–Trinajstić information content (AvgIpc) is 3.14. The topological polar surface area (TPSA) is 51.2 Å².